The van der Waals surface area contributed by atoms with Gasteiger partial charge in [0.1, 0.15) is 11.3 Å². The number of anilines is 1. The highest BCUT2D eigenvalue weighted by Gasteiger charge is 2.21. The van der Waals surface area contributed by atoms with Crippen LogP contribution in [0.25, 0.3) is 11.0 Å². The van der Waals surface area contributed by atoms with E-state index in [1.807, 2.05) is 0 Å². The summed E-state index contributed by atoms with van der Waals surface area (Å²) in [6.45, 7) is 1.24. The van der Waals surface area contributed by atoms with Crippen LogP contribution >= 0.6 is 0 Å². The number of Topliss-reactive ketones (excluding diaryl/α,β-unsaturated/α-hetero) is 1. The number of fused-ring (bicyclic) bond motifs is 1. The van der Waals surface area contributed by atoms with Crippen LogP contribution in [-0.2, 0) is 14.8 Å². The fraction of sp³-hybridized carbons (Fsp3) is 0.200. The lowest BCUT2D eigenvalue weighted by atomic mass is 10.1. The Bertz CT molecular complexity index is 1180. The summed E-state index contributed by atoms with van der Waals surface area (Å²) in [6.07, 6.45) is 1.03. The molecular weight excluding hydrogens is 398 g/mol. The second-order valence-corrected chi connectivity index (χ2v) is 8.12. The van der Waals surface area contributed by atoms with Gasteiger partial charge in [0, 0.05) is 22.2 Å². The van der Waals surface area contributed by atoms with Gasteiger partial charge < -0.3 is 13.9 Å². The fourth-order valence-corrected chi connectivity index (χ4v) is 3.30. The van der Waals surface area contributed by atoms with E-state index in [1.165, 1.54) is 24.3 Å². The summed E-state index contributed by atoms with van der Waals surface area (Å²) in [5.41, 5.74) is 1.71. The zero-order valence-corrected chi connectivity index (χ0v) is 16.8. The molecule has 1 N–H and O–H groups in total. The number of carbonyl (C=O) groups is 2. The summed E-state index contributed by atoms with van der Waals surface area (Å²) in [5.74, 6) is -0.528. The minimum Gasteiger partial charge on any atom is -0.497 e. The number of aryl methyl sites for hydroxylation is 1. The smallest absolute Gasteiger partial charge is 0.375 e. The second kappa shape index (κ2) is 7.96. The monoisotopic (exact) mass is 417 g/mol. The van der Waals surface area contributed by atoms with E-state index in [9.17, 15) is 18.0 Å². The van der Waals surface area contributed by atoms with Crippen molar-refractivity contribution in [2.75, 3.05) is 24.7 Å². The zero-order valence-electron chi connectivity index (χ0n) is 16.0. The number of hydrogen-bond acceptors (Lipinski definition) is 7. The lowest BCUT2D eigenvalue weighted by Crippen LogP contribution is -2.15. The topological polar surface area (TPSA) is 112 Å². The molecule has 0 fully saturated rings. The van der Waals surface area contributed by atoms with Crippen LogP contribution < -0.4 is 9.46 Å². The maximum Gasteiger partial charge on any atom is 0.375 e. The molecule has 0 amide bonds. The summed E-state index contributed by atoms with van der Waals surface area (Å²) in [5, 5.41) is 0.719. The SMILES string of the molecule is COc1ccc2oc(C(=O)OCC(=O)c3ccc(NS(C)(=O)=O)cc3)c(C)c2c1. The molecule has 0 spiro atoms. The number of nitrogens with one attached hydrogen (secondary N) is 1. The van der Waals surface area contributed by atoms with Gasteiger partial charge in [-0.3, -0.25) is 9.52 Å². The van der Waals surface area contributed by atoms with Crippen LogP contribution in [0.3, 0.4) is 0 Å². The number of furan rings is 1. The molecule has 0 aliphatic carbocycles. The van der Waals surface area contributed by atoms with E-state index in [1.54, 1.807) is 32.2 Å². The third-order valence-electron chi connectivity index (χ3n) is 4.17. The van der Waals surface area contributed by atoms with Crippen LogP contribution in [0, 0.1) is 6.92 Å². The Kier molecular flexibility index (Phi) is 5.60. The summed E-state index contributed by atoms with van der Waals surface area (Å²) in [6, 6.07) is 11.0. The van der Waals surface area contributed by atoms with Crippen LogP contribution in [0.2, 0.25) is 0 Å². The molecular formula is C20H19NO7S. The highest BCUT2D eigenvalue weighted by Crippen LogP contribution is 2.29. The maximum absolute atomic E-state index is 12.4. The molecule has 0 aliphatic rings. The van der Waals surface area contributed by atoms with Crippen molar-refractivity contribution in [3.63, 3.8) is 0 Å². The average Bonchev–Trinajstić information content (AvgIpc) is 3.01. The Morgan fingerprint density at radius 2 is 1.79 bits per heavy atom. The van der Waals surface area contributed by atoms with Gasteiger partial charge in [-0.2, -0.15) is 0 Å². The van der Waals surface area contributed by atoms with E-state index in [0.29, 0.717) is 22.6 Å². The Hall–Kier alpha value is -3.33. The van der Waals surface area contributed by atoms with E-state index in [0.717, 1.165) is 11.6 Å². The van der Waals surface area contributed by atoms with Crippen LogP contribution in [0.4, 0.5) is 5.69 Å². The van der Waals surface area contributed by atoms with Crippen LogP contribution in [0.1, 0.15) is 26.5 Å². The second-order valence-electron chi connectivity index (χ2n) is 6.37. The quantitative estimate of drug-likeness (QED) is 0.464. The summed E-state index contributed by atoms with van der Waals surface area (Å²) in [7, 11) is -1.86. The number of esters is 1. The Balaban J connectivity index is 1.68. The lowest BCUT2D eigenvalue weighted by molar-refractivity contribution is 0.0445. The van der Waals surface area contributed by atoms with Crippen molar-refractivity contribution >= 4 is 38.4 Å². The minimum atomic E-state index is -3.40. The van der Waals surface area contributed by atoms with Crippen LogP contribution in [0.15, 0.2) is 46.9 Å². The molecule has 0 saturated heterocycles. The Morgan fingerprint density at radius 1 is 1.10 bits per heavy atom. The number of methoxy groups -OCH3 is 1. The number of hydrogen-bond donors (Lipinski definition) is 1. The maximum atomic E-state index is 12.4. The molecule has 3 rings (SSSR count). The van der Waals surface area contributed by atoms with Crippen molar-refractivity contribution in [1.82, 2.24) is 0 Å². The fourth-order valence-electron chi connectivity index (χ4n) is 2.74. The minimum absolute atomic E-state index is 0.0220. The summed E-state index contributed by atoms with van der Waals surface area (Å²) in [4.78, 5) is 24.6. The number of benzene rings is 2. The summed E-state index contributed by atoms with van der Waals surface area (Å²) < 4.78 is 40.5. The first-order chi connectivity index (χ1) is 13.7. The molecule has 29 heavy (non-hydrogen) atoms. The van der Waals surface area contributed by atoms with E-state index < -0.39 is 28.4 Å². The standard InChI is InChI=1S/C20H19NO7S/c1-12-16-10-15(26-2)8-9-18(16)28-19(12)20(23)27-11-17(22)13-4-6-14(7-5-13)21-29(3,24)25/h4-10,21H,11H2,1-3H3. The van der Waals surface area contributed by atoms with Gasteiger partial charge in [-0.05, 0) is 49.4 Å². The molecule has 8 nitrogen and oxygen atoms in total. The highest BCUT2D eigenvalue weighted by atomic mass is 32.2. The van der Waals surface area contributed by atoms with Crippen molar-refractivity contribution < 1.29 is 31.9 Å². The van der Waals surface area contributed by atoms with Crippen molar-refractivity contribution in [2.24, 2.45) is 0 Å². The molecule has 152 valence electrons. The van der Waals surface area contributed by atoms with E-state index in [-0.39, 0.29) is 11.3 Å². The van der Waals surface area contributed by atoms with Gasteiger partial charge >= 0.3 is 5.97 Å². The molecule has 0 radical (unpaired) electrons. The van der Waals surface area contributed by atoms with Crippen molar-refractivity contribution in [3.8, 4) is 5.75 Å². The van der Waals surface area contributed by atoms with Crippen molar-refractivity contribution in [1.29, 1.82) is 0 Å². The number of sulfonamides is 1. The predicted octanol–water partition coefficient (Wildman–Crippen LogP) is 3.16. The van der Waals surface area contributed by atoms with Gasteiger partial charge in [0.05, 0.1) is 13.4 Å². The zero-order chi connectivity index (χ0) is 21.2. The molecule has 2 aromatic carbocycles. The van der Waals surface area contributed by atoms with Gasteiger partial charge in [-0.25, -0.2) is 13.2 Å². The third kappa shape index (κ3) is 4.75. The number of ketones is 1. The van der Waals surface area contributed by atoms with Gasteiger partial charge in [-0.15, -0.1) is 0 Å². The Labute approximate surface area is 167 Å². The van der Waals surface area contributed by atoms with Crippen molar-refractivity contribution in [2.45, 2.75) is 6.92 Å². The third-order valence-corrected chi connectivity index (χ3v) is 4.78. The normalized spacial score (nSPS) is 11.3. The van der Waals surface area contributed by atoms with Gasteiger partial charge in [0.15, 0.2) is 12.4 Å². The molecule has 0 saturated carbocycles. The molecule has 3 aromatic rings. The molecule has 0 atom stereocenters. The first-order valence-corrected chi connectivity index (χ1v) is 10.4. The van der Waals surface area contributed by atoms with E-state index in [4.69, 9.17) is 13.9 Å². The highest BCUT2D eigenvalue weighted by molar-refractivity contribution is 7.92. The number of ether oxygens (including phenoxy) is 2. The molecule has 1 heterocycles. The van der Waals surface area contributed by atoms with Gasteiger partial charge in [0.2, 0.25) is 15.8 Å². The molecule has 9 heteroatoms. The molecule has 0 bridgehead atoms. The van der Waals surface area contributed by atoms with Gasteiger partial charge in [0.25, 0.3) is 0 Å². The largest absolute Gasteiger partial charge is 0.497 e. The summed E-state index contributed by atoms with van der Waals surface area (Å²) >= 11 is 0. The molecule has 0 aliphatic heterocycles. The van der Waals surface area contributed by atoms with Crippen molar-refractivity contribution in [3.05, 3.63) is 59.4 Å². The average molecular weight is 417 g/mol. The number of carbonyl (C=O) groups excluding carboxylic acids is 2. The van der Waals surface area contributed by atoms with Gasteiger partial charge in [-0.1, -0.05) is 0 Å². The molecule has 0 unspecified atom stereocenters. The van der Waals surface area contributed by atoms with E-state index in [2.05, 4.69) is 4.72 Å². The van der Waals surface area contributed by atoms with Crippen LogP contribution in [0.5, 0.6) is 5.75 Å². The predicted molar refractivity (Wildman–Crippen MR) is 107 cm³/mol. The lowest BCUT2D eigenvalue weighted by Gasteiger charge is -2.06. The molecule has 1 aromatic heterocycles. The van der Waals surface area contributed by atoms with Crippen LogP contribution in [-0.4, -0.2) is 40.1 Å². The first-order valence-electron chi connectivity index (χ1n) is 8.53. The first kappa shape index (κ1) is 20.4. The Morgan fingerprint density at radius 3 is 2.41 bits per heavy atom. The van der Waals surface area contributed by atoms with E-state index >= 15 is 0 Å². The number of rotatable bonds is 7.